The molecule has 33 heavy (non-hydrogen) atoms. The second-order valence-electron chi connectivity index (χ2n) is 8.42. The minimum Gasteiger partial charge on any atom is -0.294 e. The molecule has 1 unspecified atom stereocenters. The predicted octanol–water partition coefficient (Wildman–Crippen LogP) is 5.83. The molecule has 8 heteroatoms. The van der Waals surface area contributed by atoms with Crippen LogP contribution in [0, 0.1) is 5.92 Å². The van der Waals surface area contributed by atoms with Gasteiger partial charge in [-0.15, -0.1) is 0 Å². The SMILES string of the molecule is CC(C)CC(NS(=O)(=O)c1ccc2c(c1)sc(=O)n2Cc1ccc(Cl)cc1)c1ccccc1. The van der Waals surface area contributed by atoms with Crippen LogP contribution in [-0.2, 0) is 16.6 Å². The molecule has 0 saturated carbocycles. The molecule has 0 bridgehead atoms. The molecule has 3 aromatic carbocycles. The van der Waals surface area contributed by atoms with Crippen LogP contribution in [0.3, 0.4) is 0 Å². The van der Waals surface area contributed by atoms with E-state index in [1.54, 1.807) is 34.9 Å². The fourth-order valence-electron chi connectivity index (χ4n) is 3.80. The van der Waals surface area contributed by atoms with Gasteiger partial charge in [-0.05, 0) is 53.8 Å². The number of thiazole rings is 1. The van der Waals surface area contributed by atoms with E-state index in [0.717, 1.165) is 22.5 Å². The lowest BCUT2D eigenvalue weighted by Gasteiger charge is -2.21. The van der Waals surface area contributed by atoms with Crippen LogP contribution in [0.25, 0.3) is 10.2 Å². The summed E-state index contributed by atoms with van der Waals surface area (Å²) in [6.45, 7) is 4.53. The van der Waals surface area contributed by atoms with Gasteiger partial charge in [-0.3, -0.25) is 9.36 Å². The van der Waals surface area contributed by atoms with Crippen LogP contribution in [0.5, 0.6) is 0 Å². The van der Waals surface area contributed by atoms with Gasteiger partial charge in [0.2, 0.25) is 10.0 Å². The van der Waals surface area contributed by atoms with Crippen molar-refractivity contribution in [2.75, 3.05) is 0 Å². The summed E-state index contributed by atoms with van der Waals surface area (Å²) >= 11 is 7.00. The summed E-state index contributed by atoms with van der Waals surface area (Å²) in [5.74, 6) is 0.313. The third kappa shape index (κ3) is 5.55. The standard InChI is InChI=1S/C25H25ClN2O3S2/c1-17(2)14-22(19-6-4-3-5-7-19)27-33(30,31)21-12-13-23-24(15-21)32-25(29)28(23)16-18-8-10-20(26)11-9-18/h3-13,15,17,22,27H,14,16H2,1-2H3. The lowest BCUT2D eigenvalue weighted by molar-refractivity contribution is 0.472. The lowest BCUT2D eigenvalue weighted by Crippen LogP contribution is -2.29. The number of nitrogens with zero attached hydrogens (tertiary/aromatic N) is 1. The molecule has 0 amide bonds. The average molecular weight is 501 g/mol. The van der Waals surface area contributed by atoms with E-state index in [9.17, 15) is 13.2 Å². The largest absolute Gasteiger partial charge is 0.308 e. The lowest BCUT2D eigenvalue weighted by atomic mass is 9.98. The van der Waals surface area contributed by atoms with Crippen molar-refractivity contribution >= 4 is 43.2 Å². The number of hydrogen-bond acceptors (Lipinski definition) is 4. The zero-order chi connectivity index (χ0) is 23.6. The number of sulfonamides is 1. The first-order valence-electron chi connectivity index (χ1n) is 10.7. The number of hydrogen-bond donors (Lipinski definition) is 1. The van der Waals surface area contributed by atoms with Crippen LogP contribution in [-0.4, -0.2) is 13.0 Å². The molecule has 5 nitrogen and oxygen atoms in total. The zero-order valence-corrected chi connectivity index (χ0v) is 20.8. The Morgan fingerprint density at radius 1 is 1.00 bits per heavy atom. The van der Waals surface area contributed by atoms with Gasteiger partial charge in [0.25, 0.3) is 0 Å². The minimum atomic E-state index is -3.78. The normalized spacial score (nSPS) is 13.0. The second kappa shape index (κ2) is 9.81. The van der Waals surface area contributed by atoms with Gasteiger partial charge in [0.1, 0.15) is 0 Å². The van der Waals surface area contributed by atoms with E-state index in [1.807, 2.05) is 42.5 Å². The summed E-state index contributed by atoms with van der Waals surface area (Å²) in [5.41, 5.74) is 2.58. The van der Waals surface area contributed by atoms with Gasteiger partial charge in [-0.2, -0.15) is 0 Å². The Balaban J connectivity index is 1.64. The molecular weight excluding hydrogens is 476 g/mol. The molecule has 0 aliphatic carbocycles. The summed E-state index contributed by atoms with van der Waals surface area (Å²) in [5, 5.41) is 0.634. The number of nitrogens with one attached hydrogen (secondary N) is 1. The Labute approximate surface area is 202 Å². The van der Waals surface area contributed by atoms with E-state index in [-0.39, 0.29) is 15.8 Å². The first kappa shape index (κ1) is 23.7. The summed E-state index contributed by atoms with van der Waals surface area (Å²) in [6.07, 6.45) is 0.677. The maximum Gasteiger partial charge on any atom is 0.308 e. The second-order valence-corrected chi connectivity index (χ2v) is 11.6. The van der Waals surface area contributed by atoms with Gasteiger partial charge in [-0.25, -0.2) is 13.1 Å². The molecule has 0 saturated heterocycles. The van der Waals surface area contributed by atoms with E-state index in [0.29, 0.717) is 34.1 Å². The average Bonchev–Trinajstić information content (AvgIpc) is 3.09. The van der Waals surface area contributed by atoms with Crippen molar-refractivity contribution in [3.05, 3.63) is 98.6 Å². The van der Waals surface area contributed by atoms with Crippen molar-refractivity contribution in [2.45, 2.75) is 37.8 Å². The molecule has 0 spiro atoms. The maximum absolute atomic E-state index is 13.3. The van der Waals surface area contributed by atoms with E-state index >= 15 is 0 Å². The van der Waals surface area contributed by atoms with Gasteiger partial charge in [0, 0.05) is 11.1 Å². The van der Waals surface area contributed by atoms with Crippen molar-refractivity contribution in [3.63, 3.8) is 0 Å². The van der Waals surface area contributed by atoms with Crippen molar-refractivity contribution in [1.82, 2.24) is 9.29 Å². The van der Waals surface area contributed by atoms with Crippen LogP contribution in [0.1, 0.15) is 37.4 Å². The highest BCUT2D eigenvalue weighted by atomic mass is 35.5. The Morgan fingerprint density at radius 2 is 1.70 bits per heavy atom. The topological polar surface area (TPSA) is 68.2 Å². The summed E-state index contributed by atoms with van der Waals surface area (Å²) < 4.78 is 31.7. The van der Waals surface area contributed by atoms with Crippen LogP contribution in [0.2, 0.25) is 5.02 Å². The first-order valence-corrected chi connectivity index (χ1v) is 13.4. The Kier molecular flexibility index (Phi) is 7.05. The highest BCUT2D eigenvalue weighted by Gasteiger charge is 2.23. The van der Waals surface area contributed by atoms with Crippen LogP contribution >= 0.6 is 22.9 Å². The maximum atomic E-state index is 13.3. The van der Waals surface area contributed by atoms with Gasteiger partial charge in [-0.1, -0.05) is 79.2 Å². The van der Waals surface area contributed by atoms with Crippen LogP contribution in [0.15, 0.2) is 82.5 Å². The monoisotopic (exact) mass is 500 g/mol. The first-order chi connectivity index (χ1) is 15.7. The van der Waals surface area contributed by atoms with Gasteiger partial charge in [0.05, 0.1) is 21.7 Å². The Bertz CT molecular complexity index is 1410. The molecule has 4 aromatic rings. The summed E-state index contributed by atoms with van der Waals surface area (Å²) in [7, 11) is -3.78. The van der Waals surface area contributed by atoms with Crippen molar-refractivity contribution < 1.29 is 8.42 Å². The summed E-state index contributed by atoms with van der Waals surface area (Å²) in [4.78, 5) is 12.7. The highest BCUT2D eigenvalue weighted by Crippen LogP contribution is 2.27. The van der Waals surface area contributed by atoms with Gasteiger partial charge < -0.3 is 0 Å². The Hall–Kier alpha value is -2.45. The van der Waals surface area contributed by atoms with Crippen LogP contribution in [0.4, 0.5) is 0 Å². The molecule has 1 aromatic heterocycles. The molecule has 1 atom stereocenters. The number of rotatable bonds is 8. The molecule has 172 valence electrons. The predicted molar refractivity (Wildman–Crippen MR) is 136 cm³/mol. The van der Waals surface area contributed by atoms with Crippen molar-refractivity contribution in [3.8, 4) is 0 Å². The minimum absolute atomic E-state index is 0.135. The number of aromatic nitrogens is 1. The Morgan fingerprint density at radius 3 is 2.36 bits per heavy atom. The number of benzene rings is 3. The molecule has 1 heterocycles. The smallest absolute Gasteiger partial charge is 0.294 e. The molecule has 0 aliphatic heterocycles. The fourth-order valence-corrected chi connectivity index (χ4v) is 6.19. The zero-order valence-electron chi connectivity index (χ0n) is 18.4. The third-order valence-corrected chi connectivity index (χ3v) is 8.07. The highest BCUT2D eigenvalue weighted by molar-refractivity contribution is 7.89. The third-order valence-electron chi connectivity index (χ3n) is 5.41. The van der Waals surface area contributed by atoms with Crippen LogP contribution < -0.4 is 9.60 Å². The molecular formula is C25H25ClN2O3S2. The quantitative estimate of drug-likeness (QED) is 0.331. The van der Waals surface area contributed by atoms with E-state index in [2.05, 4.69) is 18.6 Å². The van der Waals surface area contributed by atoms with E-state index < -0.39 is 10.0 Å². The van der Waals surface area contributed by atoms with E-state index in [1.165, 1.54) is 0 Å². The van der Waals surface area contributed by atoms with Gasteiger partial charge >= 0.3 is 4.87 Å². The van der Waals surface area contributed by atoms with Crippen molar-refractivity contribution in [1.29, 1.82) is 0 Å². The number of fused-ring (bicyclic) bond motifs is 1. The van der Waals surface area contributed by atoms with Crippen molar-refractivity contribution in [2.24, 2.45) is 5.92 Å². The summed E-state index contributed by atoms with van der Waals surface area (Å²) in [6, 6.07) is 21.4. The molecule has 0 aliphatic rings. The molecule has 0 fully saturated rings. The molecule has 0 radical (unpaired) electrons. The van der Waals surface area contributed by atoms with E-state index in [4.69, 9.17) is 11.6 Å². The molecule has 1 N–H and O–H groups in total. The number of halogens is 1. The van der Waals surface area contributed by atoms with Gasteiger partial charge in [0.15, 0.2) is 0 Å². The molecule has 4 rings (SSSR count). The fraction of sp³-hybridized carbons (Fsp3) is 0.240.